The number of anilines is 2. The quantitative estimate of drug-likeness (QED) is 0.770. The van der Waals surface area contributed by atoms with Crippen molar-refractivity contribution in [2.75, 3.05) is 11.4 Å². The lowest BCUT2D eigenvalue weighted by Crippen LogP contribution is -2.31. The Morgan fingerprint density at radius 3 is 2.75 bits per heavy atom. The Morgan fingerprint density at radius 1 is 1.15 bits per heavy atom. The van der Waals surface area contributed by atoms with Crippen molar-refractivity contribution in [1.82, 2.24) is 0 Å². The van der Waals surface area contributed by atoms with Gasteiger partial charge in [0, 0.05) is 12.2 Å². The van der Waals surface area contributed by atoms with E-state index in [4.69, 9.17) is 0 Å². The third-order valence-electron chi connectivity index (χ3n) is 3.97. The normalized spacial score (nSPS) is 17.4. The van der Waals surface area contributed by atoms with Crippen molar-refractivity contribution in [3.8, 4) is 6.07 Å². The Hall–Kier alpha value is -2.27. The second-order valence-electron chi connectivity index (χ2n) is 5.63. The van der Waals surface area contributed by atoms with Crippen molar-refractivity contribution < 1.29 is 0 Å². The van der Waals surface area contributed by atoms with Gasteiger partial charge in [-0.05, 0) is 42.5 Å². The van der Waals surface area contributed by atoms with E-state index in [-0.39, 0.29) is 0 Å². The van der Waals surface area contributed by atoms with Gasteiger partial charge in [-0.1, -0.05) is 37.3 Å². The molecule has 0 aliphatic carbocycles. The van der Waals surface area contributed by atoms with Gasteiger partial charge in [-0.2, -0.15) is 5.26 Å². The highest BCUT2D eigenvalue weighted by Gasteiger charge is 2.25. The van der Waals surface area contributed by atoms with Gasteiger partial charge < -0.3 is 4.90 Å². The zero-order valence-corrected chi connectivity index (χ0v) is 11.9. The molecule has 1 aliphatic heterocycles. The van der Waals surface area contributed by atoms with E-state index in [1.807, 2.05) is 12.1 Å². The van der Waals surface area contributed by atoms with Gasteiger partial charge in [0.05, 0.1) is 11.3 Å². The van der Waals surface area contributed by atoms with Crippen molar-refractivity contribution in [3.63, 3.8) is 0 Å². The summed E-state index contributed by atoms with van der Waals surface area (Å²) in [6, 6.07) is 16.8. The van der Waals surface area contributed by atoms with Crippen LogP contribution >= 0.6 is 0 Å². The third-order valence-corrected chi connectivity index (χ3v) is 3.97. The van der Waals surface area contributed by atoms with Crippen LogP contribution in [0.3, 0.4) is 0 Å². The average Bonchev–Trinajstić information content (AvgIpc) is 2.46. The minimum absolute atomic E-state index is 0.594. The second-order valence-corrected chi connectivity index (χ2v) is 5.63. The van der Waals surface area contributed by atoms with E-state index in [1.165, 1.54) is 11.3 Å². The van der Waals surface area contributed by atoms with Crippen LogP contribution in [0.5, 0.6) is 0 Å². The molecule has 2 heteroatoms. The van der Waals surface area contributed by atoms with Gasteiger partial charge in [0.25, 0.3) is 0 Å². The highest BCUT2D eigenvalue weighted by atomic mass is 15.2. The van der Waals surface area contributed by atoms with Crippen molar-refractivity contribution >= 4 is 11.4 Å². The molecule has 100 valence electrons. The first-order chi connectivity index (χ1) is 9.70. The van der Waals surface area contributed by atoms with Crippen LogP contribution in [-0.4, -0.2) is 6.54 Å². The molecule has 2 aromatic carbocycles. The van der Waals surface area contributed by atoms with Crippen molar-refractivity contribution in [1.29, 1.82) is 5.26 Å². The Balaban J connectivity index is 2.19. The summed E-state index contributed by atoms with van der Waals surface area (Å²) in [5.41, 5.74) is 5.60. The number of rotatable bonds is 1. The van der Waals surface area contributed by atoms with E-state index in [9.17, 15) is 5.26 Å². The smallest absolute Gasteiger partial charge is 0.101 e. The first kappa shape index (κ1) is 12.7. The SMILES string of the molecule is Cc1cccc(C#N)c1N1CC(C)Cc2ccccc21. The molecule has 0 spiro atoms. The topological polar surface area (TPSA) is 27.0 Å². The van der Waals surface area contributed by atoms with Gasteiger partial charge in [0.15, 0.2) is 0 Å². The summed E-state index contributed by atoms with van der Waals surface area (Å²) in [7, 11) is 0. The molecule has 0 radical (unpaired) electrons. The number of aryl methyl sites for hydroxylation is 1. The fourth-order valence-electron chi connectivity index (χ4n) is 3.12. The van der Waals surface area contributed by atoms with E-state index in [0.717, 1.165) is 29.8 Å². The average molecular weight is 262 g/mol. The molecule has 20 heavy (non-hydrogen) atoms. The van der Waals surface area contributed by atoms with E-state index in [1.54, 1.807) is 0 Å². The largest absolute Gasteiger partial charge is 0.340 e. The Morgan fingerprint density at radius 2 is 1.95 bits per heavy atom. The minimum atomic E-state index is 0.594. The number of benzene rings is 2. The molecule has 2 nitrogen and oxygen atoms in total. The van der Waals surface area contributed by atoms with E-state index < -0.39 is 0 Å². The van der Waals surface area contributed by atoms with E-state index >= 15 is 0 Å². The molecule has 1 heterocycles. The minimum Gasteiger partial charge on any atom is -0.340 e. The van der Waals surface area contributed by atoms with Crippen molar-refractivity contribution in [2.45, 2.75) is 20.3 Å². The molecular formula is C18H18N2. The number of hydrogen-bond donors (Lipinski definition) is 0. The van der Waals surface area contributed by atoms with Crippen LogP contribution in [0.4, 0.5) is 11.4 Å². The summed E-state index contributed by atoms with van der Waals surface area (Å²) in [4.78, 5) is 2.32. The molecule has 0 saturated carbocycles. The van der Waals surface area contributed by atoms with Gasteiger partial charge in [-0.3, -0.25) is 0 Å². The lowest BCUT2D eigenvalue weighted by molar-refractivity contribution is 0.562. The fourth-order valence-corrected chi connectivity index (χ4v) is 3.12. The molecule has 0 N–H and O–H groups in total. The van der Waals surface area contributed by atoms with Crippen LogP contribution in [0.1, 0.15) is 23.6 Å². The monoisotopic (exact) mass is 262 g/mol. The van der Waals surface area contributed by atoms with Crippen molar-refractivity contribution in [3.05, 3.63) is 59.2 Å². The first-order valence-corrected chi connectivity index (χ1v) is 7.06. The summed E-state index contributed by atoms with van der Waals surface area (Å²) >= 11 is 0. The first-order valence-electron chi connectivity index (χ1n) is 7.06. The maximum atomic E-state index is 9.41. The predicted octanol–water partition coefficient (Wildman–Crippen LogP) is 4.20. The van der Waals surface area contributed by atoms with Gasteiger partial charge >= 0.3 is 0 Å². The van der Waals surface area contributed by atoms with E-state index in [2.05, 4.69) is 55.1 Å². The number of para-hydroxylation sites is 2. The zero-order valence-electron chi connectivity index (χ0n) is 11.9. The molecular weight excluding hydrogens is 244 g/mol. The molecule has 0 amide bonds. The van der Waals surface area contributed by atoms with Crippen LogP contribution < -0.4 is 4.90 Å². The van der Waals surface area contributed by atoms with Gasteiger partial charge in [0.2, 0.25) is 0 Å². The van der Waals surface area contributed by atoms with Crippen LogP contribution in [0.15, 0.2) is 42.5 Å². The van der Waals surface area contributed by atoms with Gasteiger partial charge in [-0.15, -0.1) is 0 Å². The molecule has 1 aliphatic rings. The van der Waals surface area contributed by atoms with Crippen LogP contribution in [0, 0.1) is 24.2 Å². The fraction of sp³-hybridized carbons (Fsp3) is 0.278. The second kappa shape index (κ2) is 5.02. The molecule has 0 saturated heterocycles. The standard InChI is InChI=1S/C18H18N2/c1-13-10-15-7-3-4-9-17(15)20(12-13)18-14(2)6-5-8-16(18)11-19/h3-9,13H,10,12H2,1-2H3. The number of nitrogens with zero attached hydrogens (tertiary/aromatic N) is 2. The third kappa shape index (κ3) is 2.06. The Kier molecular flexibility index (Phi) is 3.20. The molecule has 1 unspecified atom stereocenters. The highest BCUT2D eigenvalue weighted by molar-refractivity contribution is 5.75. The number of hydrogen-bond acceptors (Lipinski definition) is 2. The van der Waals surface area contributed by atoms with Gasteiger partial charge in [0.1, 0.15) is 6.07 Å². The number of fused-ring (bicyclic) bond motifs is 1. The maximum Gasteiger partial charge on any atom is 0.101 e. The van der Waals surface area contributed by atoms with E-state index in [0.29, 0.717) is 5.92 Å². The molecule has 3 rings (SSSR count). The summed E-state index contributed by atoms with van der Waals surface area (Å²) in [5, 5.41) is 9.41. The lowest BCUT2D eigenvalue weighted by atomic mass is 9.92. The summed E-state index contributed by atoms with van der Waals surface area (Å²) < 4.78 is 0. The maximum absolute atomic E-state index is 9.41. The molecule has 0 aromatic heterocycles. The zero-order chi connectivity index (χ0) is 14.1. The van der Waals surface area contributed by atoms with Crippen molar-refractivity contribution in [2.24, 2.45) is 5.92 Å². The molecule has 1 atom stereocenters. The summed E-state index contributed by atoms with van der Waals surface area (Å²) in [6.07, 6.45) is 1.11. The summed E-state index contributed by atoms with van der Waals surface area (Å²) in [5.74, 6) is 0.594. The van der Waals surface area contributed by atoms with Gasteiger partial charge in [-0.25, -0.2) is 0 Å². The molecule has 0 fully saturated rings. The Labute approximate surface area is 120 Å². The van der Waals surface area contributed by atoms with Crippen LogP contribution in [-0.2, 0) is 6.42 Å². The summed E-state index contributed by atoms with van der Waals surface area (Å²) in [6.45, 7) is 5.32. The predicted molar refractivity (Wildman–Crippen MR) is 82.2 cm³/mol. The molecule has 0 bridgehead atoms. The highest BCUT2D eigenvalue weighted by Crippen LogP contribution is 2.38. The lowest BCUT2D eigenvalue weighted by Gasteiger charge is -2.36. The Bertz CT molecular complexity index is 682. The van der Waals surface area contributed by atoms with Crippen LogP contribution in [0.2, 0.25) is 0 Å². The molecule has 2 aromatic rings. The van der Waals surface area contributed by atoms with Crippen LogP contribution in [0.25, 0.3) is 0 Å². The number of nitriles is 1.